The molecule has 0 aliphatic carbocycles. The fourth-order valence-electron chi connectivity index (χ4n) is 2.20. The molecule has 1 aromatic heterocycles. The molecule has 0 amide bonds. The van der Waals surface area contributed by atoms with Crippen molar-refractivity contribution in [2.75, 3.05) is 6.26 Å². The van der Waals surface area contributed by atoms with Crippen LogP contribution in [0.4, 0.5) is 0 Å². The van der Waals surface area contributed by atoms with Gasteiger partial charge >= 0.3 is 0 Å². The van der Waals surface area contributed by atoms with Crippen LogP contribution in [0.1, 0.15) is 5.56 Å². The van der Waals surface area contributed by atoms with E-state index in [1.54, 1.807) is 12.4 Å². The number of hydrogen-bond donors (Lipinski definition) is 2. The first-order valence-electron chi connectivity index (χ1n) is 6.44. The summed E-state index contributed by atoms with van der Waals surface area (Å²) in [6.45, 7) is 0.627. The molecule has 106 valence electrons. The summed E-state index contributed by atoms with van der Waals surface area (Å²) < 4.78 is 0. The van der Waals surface area contributed by atoms with Crippen molar-refractivity contribution in [2.45, 2.75) is 12.8 Å². The van der Waals surface area contributed by atoms with Crippen molar-refractivity contribution in [1.29, 1.82) is 5.26 Å². The van der Waals surface area contributed by atoms with Gasteiger partial charge in [-0.25, -0.2) is 4.99 Å². The van der Waals surface area contributed by atoms with Crippen LogP contribution in [0.15, 0.2) is 53.3 Å². The van der Waals surface area contributed by atoms with Crippen LogP contribution in [0.2, 0.25) is 0 Å². The molecule has 6 nitrogen and oxygen atoms in total. The molecule has 1 unspecified atom stereocenters. The zero-order valence-electron chi connectivity index (χ0n) is 11.4. The topological polar surface area (TPSA) is 76.3 Å². The largest absolute Gasteiger partial charge is 0.366 e. The minimum atomic E-state index is -0.176. The summed E-state index contributed by atoms with van der Waals surface area (Å²) in [4.78, 5) is 10.5. The number of nitrogens with one attached hydrogen (secondary N) is 2. The van der Waals surface area contributed by atoms with Crippen molar-refractivity contribution in [2.24, 2.45) is 4.99 Å². The number of pyridine rings is 1. The maximum absolute atomic E-state index is 9.46. The van der Waals surface area contributed by atoms with E-state index in [9.17, 15) is 5.26 Å². The number of nitriles is 1. The van der Waals surface area contributed by atoms with Crippen molar-refractivity contribution in [3.05, 3.63) is 53.9 Å². The second-order valence-corrected chi connectivity index (χ2v) is 5.24. The quantitative estimate of drug-likeness (QED) is 0.877. The predicted octanol–water partition coefficient (Wildman–Crippen LogP) is 1.34. The van der Waals surface area contributed by atoms with Crippen LogP contribution in [-0.4, -0.2) is 27.5 Å². The lowest BCUT2D eigenvalue weighted by molar-refractivity contribution is 0.321. The summed E-state index contributed by atoms with van der Waals surface area (Å²) in [6, 6.07) is 6.15. The summed E-state index contributed by atoms with van der Waals surface area (Å²) in [6.07, 6.45) is 8.98. The van der Waals surface area contributed by atoms with Crippen molar-refractivity contribution < 1.29 is 0 Å². The smallest absolute Gasteiger partial charge is 0.202 e. The third-order valence-corrected chi connectivity index (χ3v) is 3.90. The first-order valence-corrected chi connectivity index (χ1v) is 7.66. The third kappa shape index (κ3) is 2.58. The van der Waals surface area contributed by atoms with Crippen LogP contribution in [0.5, 0.6) is 0 Å². The van der Waals surface area contributed by atoms with E-state index in [4.69, 9.17) is 0 Å². The normalized spacial score (nSPS) is 19.7. The molecule has 0 spiro atoms. The molecule has 2 aliphatic rings. The lowest BCUT2D eigenvalue weighted by Gasteiger charge is -2.31. The summed E-state index contributed by atoms with van der Waals surface area (Å²) >= 11 is 1.48. The van der Waals surface area contributed by atoms with Crippen LogP contribution in [-0.2, 0) is 6.54 Å². The van der Waals surface area contributed by atoms with Gasteiger partial charge in [0.1, 0.15) is 22.5 Å². The molecular formula is C14H14N6S. The molecule has 7 heteroatoms. The molecule has 0 aromatic carbocycles. The van der Waals surface area contributed by atoms with Gasteiger partial charge in [-0.2, -0.15) is 5.26 Å². The Bertz CT molecular complexity index is 658. The van der Waals surface area contributed by atoms with Gasteiger partial charge in [0.15, 0.2) is 0 Å². The molecule has 0 radical (unpaired) electrons. The molecule has 3 rings (SSSR count). The first kappa shape index (κ1) is 13.5. The molecule has 2 aliphatic heterocycles. The molecule has 0 saturated heterocycles. The Hall–Kier alpha value is -2.46. The van der Waals surface area contributed by atoms with E-state index < -0.39 is 0 Å². The summed E-state index contributed by atoms with van der Waals surface area (Å²) in [5, 5.41) is 16.7. The maximum Gasteiger partial charge on any atom is 0.202 e. The molecule has 2 N–H and O–H groups in total. The zero-order chi connectivity index (χ0) is 14.7. The molecule has 3 heterocycles. The van der Waals surface area contributed by atoms with Crippen LogP contribution < -0.4 is 10.6 Å². The van der Waals surface area contributed by atoms with Gasteiger partial charge in [0.05, 0.1) is 0 Å². The van der Waals surface area contributed by atoms with Gasteiger partial charge in [-0.3, -0.25) is 9.88 Å². The van der Waals surface area contributed by atoms with Gasteiger partial charge in [0.2, 0.25) is 6.29 Å². The van der Waals surface area contributed by atoms with Gasteiger partial charge in [-0.15, -0.1) is 11.8 Å². The molecular weight excluding hydrogens is 284 g/mol. The molecule has 1 atom stereocenters. The molecule has 21 heavy (non-hydrogen) atoms. The number of hydrogen-bond acceptors (Lipinski definition) is 7. The number of nitrogens with zero attached hydrogens (tertiary/aromatic N) is 4. The SMILES string of the molecule is CSC1=NC2NC=CN2C(NCc2ccncc2)=C1C#N. The monoisotopic (exact) mass is 298 g/mol. The van der Waals surface area contributed by atoms with E-state index in [0.717, 1.165) is 16.4 Å². The Morgan fingerprint density at radius 1 is 1.48 bits per heavy atom. The number of aromatic nitrogens is 1. The second-order valence-electron chi connectivity index (χ2n) is 4.45. The lowest BCUT2D eigenvalue weighted by atomic mass is 10.2. The summed E-state index contributed by atoms with van der Waals surface area (Å²) in [7, 11) is 0. The van der Waals surface area contributed by atoms with Crippen LogP contribution in [0.3, 0.4) is 0 Å². The highest BCUT2D eigenvalue weighted by atomic mass is 32.2. The zero-order valence-corrected chi connectivity index (χ0v) is 12.3. The fourth-order valence-corrected chi connectivity index (χ4v) is 2.75. The predicted molar refractivity (Wildman–Crippen MR) is 82.6 cm³/mol. The Kier molecular flexibility index (Phi) is 3.79. The van der Waals surface area contributed by atoms with Crippen molar-refractivity contribution >= 4 is 16.8 Å². The molecule has 0 fully saturated rings. The van der Waals surface area contributed by atoms with Crippen LogP contribution in [0.25, 0.3) is 0 Å². The number of aliphatic imine (C=N–C) groups is 1. The average molecular weight is 298 g/mol. The van der Waals surface area contributed by atoms with Crippen LogP contribution >= 0.6 is 11.8 Å². The van der Waals surface area contributed by atoms with E-state index in [1.165, 1.54) is 11.8 Å². The van der Waals surface area contributed by atoms with Crippen molar-refractivity contribution in [3.63, 3.8) is 0 Å². The van der Waals surface area contributed by atoms with E-state index in [-0.39, 0.29) is 6.29 Å². The number of fused-ring (bicyclic) bond motifs is 1. The van der Waals surface area contributed by atoms with Gasteiger partial charge in [-0.05, 0) is 24.0 Å². The van der Waals surface area contributed by atoms with Crippen molar-refractivity contribution in [3.8, 4) is 6.07 Å². The Morgan fingerprint density at radius 2 is 2.29 bits per heavy atom. The van der Waals surface area contributed by atoms with Gasteiger partial charge in [0, 0.05) is 31.3 Å². The first-order chi connectivity index (χ1) is 10.3. The summed E-state index contributed by atoms with van der Waals surface area (Å²) in [5.41, 5.74) is 1.68. The van der Waals surface area contributed by atoms with Crippen molar-refractivity contribution in [1.82, 2.24) is 20.5 Å². The van der Waals surface area contributed by atoms with E-state index >= 15 is 0 Å². The number of thioether (sulfide) groups is 1. The maximum atomic E-state index is 9.46. The standard InChI is InChI=1S/C14H14N6S/c1-21-13-11(8-15)12(20-7-6-17-14(20)19-13)18-9-10-2-4-16-5-3-10/h2-7,14,17-18H,9H2,1H3. The van der Waals surface area contributed by atoms with Crippen LogP contribution in [0, 0.1) is 11.3 Å². The Morgan fingerprint density at radius 3 is 3.00 bits per heavy atom. The highest BCUT2D eigenvalue weighted by Gasteiger charge is 2.30. The lowest BCUT2D eigenvalue weighted by Crippen LogP contribution is -2.42. The highest BCUT2D eigenvalue weighted by Crippen LogP contribution is 2.26. The van der Waals surface area contributed by atoms with Gasteiger partial charge in [0.25, 0.3) is 0 Å². The average Bonchev–Trinajstić information content (AvgIpc) is 3.00. The number of rotatable bonds is 3. The third-order valence-electron chi connectivity index (χ3n) is 3.21. The molecule has 0 saturated carbocycles. The Balaban J connectivity index is 1.88. The summed E-state index contributed by atoms with van der Waals surface area (Å²) in [5.74, 6) is 0.778. The second kappa shape index (κ2) is 5.89. The molecule has 0 bridgehead atoms. The van der Waals surface area contributed by atoms with E-state index in [0.29, 0.717) is 12.1 Å². The molecule has 1 aromatic rings. The van der Waals surface area contributed by atoms with E-state index in [2.05, 4.69) is 26.7 Å². The van der Waals surface area contributed by atoms with Gasteiger partial charge < -0.3 is 10.6 Å². The Labute approximate surface area is 127 Å². The minimum absolute atomic E-state index is 0.176. The highest BCUT2D eigenvalue weighted by molar-refractivity contribution is 8.13. The van der Waals surface area contributed by atoms with Gasteiger partial charge in [-0.1, -0.05) is 0 Å². The van der Waals surface area contributed by atoms with E-state index in [1.807, 2.05) is 35.7 Å². The fraction of sp³-hybridized carbons (Fsp3) is 0.214. The minimum Gasteiger partial charge on any atom is -0.366 e.